The first-order valence-corrected chi connectivity index (χ1v) is 7.74. The van der Waals surface area contributed by atoms with Crippen LogP contribution in [0.5, 0.6) is 11.5 Å². The molecule has 0 spiro atoms. The van der Waals surface area contributed by atoms with Crippen LogP contribution in [0.1, 0.15) is 16.1 Å². The first kappa shape index (κ1) is 16.1. The van der Waals surface area contributed by atoms with Crippen molar-refractivity contribution in [2.24, 2.45) is 0 Å². The number of nitrogens with one attached hydrogen (secondary N) is 1. The molecule has 132 valence electrons. The van der Waals surface area contributed by atoms with Gasteiger partial charge in [-0.1, -0.05) is 0 Å². The summed E-state index contributed by atoms with van der Waals surface area (Å²) in [5, 5.41) is 6.84. The number of amides is 1. The second kappa shape index (κ2) is 5.83. The molecule has 0 bridgehead atoms. The van der Waals surface area contributed by atoms with Crippen LogP contribution in [-0.2, 0) is 0 Å². The number of carbonyl (C=O) groups excluding carboxylic acids is 1. The van der Waals surface area contributed by atoms with Crippen LogP contribution in [0, 0.1) is 6.92 Å². The van der Waals surface area contributed by atoms with Crippen LogP contribution in [0.15, 0.2) is 54.7 Å². The standard InChI is InChI=1S/C18H13F2N3O3/c1-11-8-9-21-23(11)14-5-2-12(3-6-14)17(24)22-13-4-7-15-16(10-13)26-18(19,20)25-15/h2-10H,1H3,(H,22,24). The van der Waals surface area contributed by atoms with Gasteiger partial charge in [0.25, 0.3) is 5.91 Å². The molecule has 2 aromatic carbocycles. The van der Waals surface area contributed by atoms with Crippen LogP contribution in [0.2, 0.25) is 0 Å². The molecule has 1 aromatic heterocycles. The molecular weight excluding hydrogens is 344 g/mol. The van der Waals surface area contributed by atoms with Gasteiger partial charge in [0.2, 0.25) is 0 Å². The maximum atomic E-state index is 13.0. The molecule has 1 aliphatic rings. The fraction of sp³-hybridized carbons (Fsp3) is 0.111. The Labute approximate surface area is 147 Å². The van der Waals surface area contributed by atoms with E-state index < -0.39 is 6.29 Å². The number of nitrogens with zero attached hydrogens (tertiary/aromatic N) is 2. The van der Waals surface area contributed by atoms with E-state index in [4.69, 9.17) is 0 Å². The number of alkyl halides is 2. The van der Waals surface area contributed by atoms with Crippen LogP contribution in [0.25, 0.3) is 5.69 Å². The molecule has 6 nitrogen and oxygen atoms in total. The minimum absolute atomic E-state index is 0.0769. The highest BCUT2D eigenvalue weighted by atomic mass is 19.3. The first-order valence-electron chi connectivity index (χ1n) is 7.74. The van der Waals surface area contributed by atoms with Crippen molar-refractivity contribution < 1.29 is 23.0 Å². The van der Waals surface area contributed by atoms with Crippen molar-refractivity contribution in [3.63, 3.8) is 0 Å². The average molecular weight is 357 g/mol. The van der Waals surface area contributed by atoms with Gasteiger partial charge in [-0.15, -0.1) is 8.78 Å². The van der Waals surface area contributed by atoms with E-state index >= 15 is 0 Å². The van der Waals surface area contributed by atoms with E-state index in [0.29, 0.717) is 11.3 Å². The summed E-state index contributed by atoms with van der Waals surface area (Å²) in [6, 6.07) is 12.8. The maximum Gasteiger partial charge on any atom is 0.586 e. The number of aryl methyl sites for hydroxylation is 1. The summed E-state index contributed by atoms with van der Waals surface area (Å²) in [6.07, 6.45) is -2.00. The van der Waals surface area contributed by atoms with E-state index in [-0.39, 0.29) is 17.4 Å². The van der Waals surface area contributed by atoms with Crippen molar-refractivity contribution in [3.05, 3.63) is 66.0 Å². The molecule has 0 radical (unpaired) electrons. The van der Waals surface area contributed by atoms with Gasteiger partial charge in [-0.3, -0.25) is 4.79 Å². The molecular formula is C18H13F2N3O3. The number of benzene rings is 2. The monoisotopic (exact) mass is 357 g/mol. The molecule has 4 rings (SSSR count). The van der Waals surface area contributed by atoms with Crippen LogP contribution >= 0.6 is 0 Å². The van der Waals surface area contributed by atoms with Gasteiger partial charge in [0, 0.05) is 29.2 Å². The molecule has 0 saturated heterocycles. The lowest BCUT2D eigenvalue weighted by Gasteiger charge is -2.08. The number of rotatable bonds is 3. The van der Waals surface area contributed by atoms with E-state index in [9.17, 15) is 13.6 Å². The van der Waals surface area contributed by atoms with Crippen LogP contribution in [-0.4, -0.2) is 22.0 Å². The number of ether oxygens (including phenoxy) is 2. The largest absolute Gasteiger partial charge is 0.586 e. The quantitative estimate of drug-likeness (QED) is 0.775. The molecule has 0 fully saturated rings. The Morgan fingerprint density at radius 2 is 1.81 bits per heavy atom. The van der Waals surface area contributed by atoms with Crippen molar-refractivity contribution >= 4 is 11.6 Å². The van der Waals surface area contributed by atoms with Gasteiger partial charge >= 0.3 is 6.29 Å². The van der Waals surface area contributed by atoms with Crippen molar-refractivity contribution in [1.29, 1.82) is 0 Å². The number of hydrogen-bond donors (Lipinski definition) is 1. The average Bonchev–Trinajstić information content (AvgIpc) is 3.15. The summed E-state index contributed by atoms with van der Waals surface area (Å²) in [6.45, 7) is 1.93. The smallest absolute Gasteiger partial charge is 0.395 e. The molecule has 2 heterocycles. The molecule has 1 amide bonds. The Bertz CT molecular complexity index is 984. The number of aromatic nitrogens is 2. The third-order valence-corrected chi connectivity index (χ3v) is 3.87. The van der Waals surface area contributed by atoms with Gasteiger partial charge in [-0.05, 0) is 49.4 Å². The van der Waals surface area contributed by atoms with Gasteiger partial charge in [-0.25, -0.2) is 4.68 Å². The summed E-state index contributed by atoms with van der Waals surface area (Å²) in [7, 11) is 0. The molecule has 26 heavy (non-hydrogen) atoms. The molecule has 0 aliphatic carbocycles. The fourth-order valence-corrected chi connectivity index (χ4v) is 2.62. The molecule has 0 atom stereocenters. The second-order valence-electron chi connectivity index (χ2n) is 5.71. The highest BCUT2D eigenvalue weighted by Crippen LogP contribution is 2.42. The predicted molar refractivity (Wildman–Crippen MR) is 88.9 cm³/mol. The third kappa shape index (κ3) is 2.97. The fourth-order valence-electron chi connectivity index (χ4n) is 2.62. The molecule has 1 aliphatic heterocycles. The Balaban J connectivity index is 1.50. The lowest BCUT2D eigenvalue weighted by molar-refractivity contribution is -0.286. The SMILES string of the molecule is Cc1ccnn1-c1ccc(C(=O)Nc2ccc3c(c2)OC(F)(F)O3)cc1. The minimum atomic E-state index is -3.69. The van der Waals surface area contributed by atoms with Gasteiger partial charge in [0.15, 0.2) is 11.5 Å². The number of fused-ring (bicyclic) bond motifs is 1. The topological polar surface area (TPSA) is 65.4 Å². The summed E-state index contributed by atoms with van der Waals surface area (Å²) in [5.41, 5.74) is 2.54. The Hall–Kier alpha value is -3.42. The zero-order valence-corrected chi connectivity index (χ0v) is 13.6. The van der Waals surface area contributed by atoms with E-state index in [2.05, 4.69) is 19.9 Å². The van der Waals surface area contributed by atoms with E-state index in [1.165, 1.54) is 18.2 Å². The van der Waals surface area contributed by atoms with Crippen LogP contribution in [0.3, 0.4) is 0 Å². The van der Waals surface area contributed by atoms with E-state index in [0.717, 1.165) is 11.4 Å². The van der Waals surface area contributed by atoms with Crippen molar-refractivity contribution in [2.45, 2.75) is 13.2 Å². The number of anilines is 1. The Morgan fingerprint density at radius 3 is 2.50 bits per heavy atom. The Kier molecular flexibility index (Phi) is 3.61. The van der Waals surface area contributed by atoms with Gasteiger partial charge < -0.3 is 14.8 Å². The van der Waals surface area contributed by atoms with Gasteiger partial charge in [-0.2, -0.15) is 5.10 Å². The molecule has 3 aromatic rings. The number of carbonyl (C=O) groups is 1. The van der Waals surface area contributed by atoms with Crippen molar-refractivity contribution in [1.82, 2.24) is 9.78 Å². The van der Waals surface area contributed by atoms with Gasteiger partial charge in [0.1, 0.15) is 0 Å². The minimum Gasteiger partial charge on any atom is -0.395 e. The zero-order valence-electron chi connectivity index (χ0n) is 13.6. The number of halogens is 2. The number of hydrogen-bond acceptors (Lipinski definition) is 4. The summed E-state index contributed by atoms with van der Waals surface area (Å²) < 4.78 is 36.5. The maximum absolute atomic E-state index is 13.0. The van der Waals surface area contributed by atoms with Crippen molar-refractivity contribution in [3.8, 4) is 17.2 Å². The highest BCUT2D eigenvalue weighted by molar-refractivity contribution is 6.04. The molecule has 0 saturated carbocycles. The summed E-state index contributed by atoms with van der Waals surface area (Å²) in [4.78, 5) is 12.4. The molecule has 1 N–H and O–H groups in total. The van der Waals surface area contributed by atoms with Crippen LogP contribution < -0.4 is 14.8 Å². The second-order valence-corrected chi connectivity index (χ2v) is 5.71. The molecule has 0 unspecified atom stereocenters. The van der Waals surface area contributed by atoms with E-state index in [1.54, 1.807) is 35.1 Å². The zero-order chi connectivity index (χ0) is 18.3. The normalized spacial score (nSPS) is 14.3. The van der Waals surface area contributed by atoms with Gasteiger partial charge in [0.05, 0.1) is 5.69 Å². The third-order valence-electron chi connectivity index (χ3n) is 3.87. The van der Waals surface area contributed by atoms with Crippen LogP contribution in [0.4, 0.5) is 14.5 Å². The first-order chi connectivity index (χ1) is 12.4. The summed E-state index contributed by atoms with van der Waals surface area (Å²) in [5.74, 6) is -0.580. The summed E-state index contributed by atoms with van der Waals surface area (Å²) >= 11 is 0. The predicted octanol–water partition coefficient (Wildman–Crippen LogP) is 3.75. The lowest BCUT2D eigenvalue weighted by atomic mass is 10.2. The highest BCUT2D eigenvalue weighted by Gasteiger charge is 2.43. The Morgan fingerprint density at radius 1 is 1.08 bits per heavy atom. The molecule has 8 heteroatoms. The van der Waals surface area contributed by atoms with E-state index in [1.807, 2.05) is 13.0 Å². The lowest BCUT2D eigenvalue weighted by Crippen LogP contribution is -2.25. The van der Waals surface area contributed by atoms with Crippen molar-refractivity contribution in [2.75, 3.05) is 5.32 Å².